The molecule has 1 aliphatic rings. The van der Waals surface area contributed by atoms with Gasteiger partial charge >= 0.3 is 0 Å². The van der Waals surface area contributed by atoms with Crippen LogP contribution >= 0.6 is 11.8 Å². The summed E-state index contributed by atoms with van der Waals surface area (Å²) in [5.41, 5.74) is 1.30. The highest BCUT2D eigenvalue weighted by atomic mass is 32.2. The van der Waals surface area contributed by atoms with E-state index in [-0.39, 0.29) is 24.2 Å². The zero-order valence-electron chi connectivity index (χ0n) is 25.0. The first kappa shape index (κ1) is 32.2. The van der Waals surface area contributed by atoms with Crippen molar-refractivity contribution in [3.05, 3.63) is 52.3 Å². The molecule has 232 valence electrons. The molecule has 4 rings (SSSR count). The van der Waals surface area contributed by atoms with Crippen LogP contribution in [0.4, 0.5) is 0 Å². The van der Waals surface area contributed by atoms with Gasteiger partial charge in [0.2, 0.25) is 18.6 Å². The molecule has 0 saturated heterocycles. The number of carbonyl (C=O) groups is 2. The van der Waals surface area contributed by atoms with E-state index < -0.39 is 5.25 Å². The molecule has 0 saturated carbocycles. The van der Waals surface area contributed by atoms with E-state index in [0.717, 1.165) is 24.2 Å². The van der Waals surface area contributed by atoms with Crippen molar-refractivity contribution in [1.29, 1.82) is 0 Å². The third kappa shape index (κ3) is 8.87. The van der Waals surface area contributed by atoms with Gasteiger partial charge < -0.3 is 29.6 Å². The molecular weight excluding hydrogens is 572 g/mol. The average molecular weight is 613 g/mol. The van der Waals surface area contributed by atoms with Gasteiger partial charge in [0.15, 0.2) is 16.7 Å². The summed E-state index contributed by atoms with van der Waals surface area (Å²) >= 11 is 1.29. The molecule has 0 fully saturated rings. The van der Waals surface area contributed by atoms with Crippen LogP contribution in [-0.4, -0.2) is 60.8 Å². The minimum absolute atomic E-state index is 0.0185. The molecule has 0 aliphatic carbocycles. The molecule has 11 nitrogen and oxygen atoms in total. The van der Waals surface area contributed by atoms with Gasteiger partial charge in [0.05, 0.1) is 23.3 Å². The van der Waals surface area contributed by atoms with Crippen LogP contribution in [0.25, 0.3) is 10.9 Å². The lowest BCUT2D eigenvalue weighted by Crippen LogP contribution is -2.34. The Hall–Kier alpha value is -3.77. The van der Waals surface area contributed by atoms with Crippen molar-refractivity contribution in [3.8, 4) is 17.2 Å². The van der Waals surface area contributed by atoms with Crippen LogP contribution in [-0.2, 0) is 27.4 Å². The minimum Gasteiger partial charge on any atom is -0.497 e. The second-order valence-electron chi connectivity index (χ2n) is 10.2. The predicted molar refractivity (Wildman–Crippen MR) is 165 cm³/mol. The number of methoxy groups -OCH3 is 2. The summed E-state index contributed by atoms with van der Waals surface area (Å²) in [7, 11) is 3.24. The molecule has 2 heterocycles. The van der Waals surface area contributed by atoms with Gasteiger partial charge in [0.1, 0.15) is 5.75 Å². The summed E-state index contributed by atoms with van der Waals surface area (Å²) in [5, 5.41) is 6.40. The second kappa shape index (κ2) is 16.2. The monoisotopic (exact) mass is 612 g/mol. The van der Waals surface area contributed by atoms with Crippen LogP contribution in [0.15, 0.2) is 46.3 Å². The second-order valence-corrected chi connectivity index (χ2v) is 11.3. The van der Waals surface area contributed by atoms with Crippen molar-refractivity contribution < 1.29 is 28.5 Å². The Morgan fingerprint density at radius 1 is 1.05 bits per heavy atom. The number of unbranched alkanes of at least 4 members (excludes halogenated alkanes) is 2. The zero-order chi connectivity index (χ0) is 30.6. The first-order valence-corrected chi connectivity index (χ1v) is 15.5. The highest BCUT2D eigenvalue weighted by Gasteiger charge is 2.23. The highest BCUT2D eigenvalue weighted by Crippen LogP contribution is 2.35. The Kier molecular flexibility index (Phi) is 12.1. The number of ether oxygens (including phenoxy) is 4. The van der Waals surface area contributed by atoms with Gasteiger partial charge in [-0.15, -0.1) is 0 Å². The fraction of sp³-hybridized carbons (Fsp3) is 0.484. The Balaban J connectivity index is 1.39. The van der Waals surface area contributed by atoms with E-state index in [4.69, 9.17) is 23.9 Å². The number of hydrogen-bond acceptors (Lipinski definition) is 9. The van der Waals surface area contributed by atoms with Crippen molar-refractivity contribution in [3.63, 3.8) is 0 Å². The normalized spacial score (nSPS) is 12.7. The van der Waals surface area contributed by atoms with Crippen LogP contribution in [0.2, 0.25) is 0 Å². The number of nitrogens with zero attached hydrogens (tertiary/aromatic N) is 2. The maximum absolute atomic E-state index is 13.7. The Morgan fingerprint density at radius 3 is 2.53 bits per heavy atom. The molecule has 1 aromatic heterocycles. The van der Waals surface area contributed by atoms with E-state index in [1.165, 1.54) is 11.8 Å². The molecule has 2 aromatic carbocycles. The molecule has 2 amide bonds. The lowest BCUT2D eigenvalue weighted by Gasteiger charge is -2.18. The van der Waals surface area contributed by atoms with E-state index in [2.05, 4.69) is 10.6 Å². The molecule has 0 radical (unpaired) electrons. The molecule has 0 unspecified atom stereocenters. The molecule has 0 spiro atoms. The van der Waals surface area contributed by atoms with E-state index in [9.17, 15) is 14.4 Å². The smallest absolute Gasteiger partial charge is 0.262 e. The topological polar surface area (TPSA) is 130 Å². The number of fused-ring (bicyclic) bond motifs is 2. The van der Waals surface area contributed by atoms with Crippen LogP contribution < -0.4 is 30.4 Å². The number of carbonyl (C=O) groups excluding carboxylic acids is 2. The predicted octanol–water partition coefficient (Wildman–Crippen LogP) is 4.03. The van der Waals surface area contributed by atoms with Crippen molar-refractivity contribution in [2.75, 3.05) is 34.2 Å². The first-order valence-electron chi connectivity index (χ1n) is 14.6. The number of benzene rings is 2. The third-order valence-corrected chi connectivity index (χ3v) is 8.44. The molecule has 0 bridgehead atoms. The van der Waals surface area contributed by atoms with E-state index >= 15 is 0 Å². The number of nitrogens with one attached hydrogen (secondary N) is 2. The fourth-order valence-corrected chi connectivity index (χ4v) is 5.70. The summed E-state index contributed by atoms with van der Waals surface area (Å²) in [6.45, 7) is 3.98. The molecule has 2 N–H and O–H groups in total. The molecule has 1 atom stereocenters. The van der Waals surface area contributed by atoms with Crippen molar-refractivity contribution >= 4 is 34.5 Å². The highest BCUT2D eigenvalue weighted by molar-refractivity contribution is 8.00. The largest absolute Gasteiger partial charge is 0.497 e. The molecule has 12 heteroatoms. The summed E-state index contributed by atoms with van der Waals surface area (Å²) in [6, 6.07) is 11.0. The molecule has 43 heavy (non-hydrogen) atoms. The van der Waals surface area contributed by atoms with Crippen molar-refractivity contribution in [2.45, 2.75) is 68.9 Å². The SMILES string of the molecule is CC[C@@H](Sc1nc2cc3c(cc2c(=O)n1CCCCCC(=O)NCc1ccc(OC)cc1)OCO3)C(=O)NCCCOC. The molecule has 1 aliphatic heterocycles. The summed E-state index contributed by atoms with van der Waals surface area (Å²) in [5.74, 6) is 1.71. The standard InChI is InChI=1S/C31H40N4O7S/c1-4-27(29(37)32-14-8-16-39-2)43-31-34-24-18-26-25(41-20-42-26)17-23(24)30(38)35(31)15-7-5-6-9-28(36)33-19-21-10-12-22(40-3)13-11-21/h10-13,17-18,27H,4-9,14-16,19-20H2,1-3H3,(H,32,37)(H,33,36)/t27-/m1/s1. The lowest BCUT2D eigenvalue weighted by atomic mass is 10.1. The third-order valence-electron chi connectivity index (χ3n) is 7.08. The van der Waals surface area contributed by atoms with E-state index in [0.29, 0.717) is 79.5 Å². The maximum Gasteiger partial charge on any atom is 0.262 e. The Labute approximate surface area is 255 Å². The first-order chi connectivity index (χ1) is 20.9. The number of hydrogen-bond donors (Lipinski definition) is 2. The van der Waals surface area contributed by atoms with Crippen LogP contribution in [0.5, 0.6) is 17.2 Å². The van der Waals surface area contributed by atoms with Gasteiger partial charge in [0, 0.05) is 45.8 Å². The molecular formula is C31H40N4O7S. The number of amides is 2. The quantitative estimate of drug-likeness (QED) is 0.132. The van der Waals surface area contributed by atoms with Crippen molar-refractivity contribution in [1.82, 2.24) is 20.2 Å². The van der Waals surface area contributed by atoms with Crippen molar-refractivity contribution in [2.24, 2.45) is 0 Å². The number of rotatable bonds is 17. The Bertz CT molecular complexity index is 1440. The minimum atomic E-state index is -0.415. The van der Waals surface area contributed by atoms with Gasteiger partial charge in [0.25, 0.3) is 5.56 Å². The summed E-state index contributed by atoms with van der Waals surface area (Å²) < 4.78 is 22.8. The van der Waals surface area contributed by atoms with Crippen LogP contribution in [0.1, 0.15) is 51.0 Å². The van der Waals surface area contributed by atoms with Gasteiger partial charge in [-0.05, 0) is 49.4 Å². The number of aromatic nitrogens is 2. The molecule has 3 aromatic rings. The van der Waals surface area contributed by atoms with Gasteiger partial charge in [-0.25, -0.2) is 4.98 Å². The summed E-state index contributed by atoms with van der Waals surface area (Å²) in [4.78, 5) is 43.8. The average Bonchev–Trinajstić information content (AvgIpc) is 3.48. The van der Waals surface area contributed by atoms with Gasteiger partial charge in [-0.3, -0.25) is 19.0 Å². The van der Waals surface area contributed by atoms with Gasteiger partial charge in [-0.2, -0.15) is 0 Å². The zero-order valence-corrected chi connectivity index (χ0v) is 25.8. The lowest BCUT2D eigenvalue weighted by molar-refractivity contribution is -0.121. The van der Waals surface area contributed by atoms with Crippen LogP contribution in [0, 0.1) is 0 Å². The van der Waals surface area contributed by atoms with Gasteiger partial charge in [-0.1, -0.05) is 37.2 Å². The maximum atomic E-state index is 13.7. The Morgan fingerprint density at radius 2 is 1.81 bits per heavy atom. The summed E-state index contributed by atoms with van der Waals surface area (Å²) in [6.07, 6.45) is 3.80. The van der Waals surface area contributed by atoms with E-state index in [1.807, 2.05) is 31.2 Å². The fourth-order valence-electron chi connectivity index (χ4n) is 4.63. The number of thioether (sulfide) groups is 1. The van der Waals surface area contributed by atoms with Crippen LogP contribution in [0.3, 0.4) is 0 Å². The van der Waals surface area contributed by atoms with E-state index in [1.54, 1.807) is 30.9 Å².